The molecule has 0 spiro atoms. The maximum absolute atomic E-state index is 13.0. The number of hydrogen-bond donors (Lipinski definition) is 1. The van der Waals surface area contributed by atoms with Crippen LogP contribution in [-0.2, 0) is 11.2 Å². The minimum Gasteiger partial charge on any atom is -0.494 e. The van der Waals surface area contributed by atoms with Gasteiger partial charge in [0.25, 0.3) is 0 Å². The zero-order valence-corrected chi connectivity index (χ0v) is 19.9. The van der Waals surface area contributed by atoms with Crippen molar-refractivity contribution < 1.29 is 9.53 Å². The molecule has 1 amide bonds. The Morgan fingerprint density at radius 1 is 1.06 bits per heavy atom. The van der Waals surface area contributed by atoms with E-state index in [1.807, 2.05) is 64.1 Å². The van der Waals surface area contributed by atoms with Crippen LogP contribution in [0.1, 0.15) is 37.2 Å². The number of nitrogens with one attached hydrogen (secondary N) is 1. The van der Waals surface area contributed by atoms with Crippen molar-refractivity contribution in [3.63, 3.8) is 0 Å². The number of carbonyl (C=O) groups excluding carboxylic acids is 1. The van der Waals surface area contributed by atoms with Crippen molar-refractivity contribution in [2.75, 3.05) is 11.9 Å². The second kappa shape index (κ2) is 9.91. The molecule has 1 N–H and O–H groups in total. The van der Waals surface area contributed by atoms with Gasteiger partial charge in [-0.1, -0.05) is 13.0 Å². The predicted octanol–water partition coefficient (Wildman–Crippen LogP) is 4.10. The minimum atomic E-state index is -0.259. The summed E-state index contributed by atoms with van der Waals surface area (Å²) in [5, 5.41) is 11.3. The van der Waals surface area contributed by atoms with Crippen molar-refractivity contribution in [1.82, 2.24) is 19.2 Å². The summed E-state index contributed by atoms with van der Waals surface area (Å²) in [6, 6.07) is 13.3. The lowest BCUT2D eigenvalue weighted by molar-refractivity contribution is -0.116. The molecule has 0 unspecified atom stereocenters. The SMILES string of the molecule is CCOc1ccc(-n2ccn3c(C[C@H](C)CC(=O)Nc4cc(C)cc(C)c4)nnc3c2=O)cc1. The third-order valence-corrected chi connectivity index (χ3v) is 5.54. The normalized spacial score (nSPS) is 12.0. The summed E-state index contributed by atoms with van der Waals surface area (Å²) in [5.41, 5.74) is 3.72. The molecule has 2 aromatic carbocycles. The van der Waals surface area contributed by atoms with Gasteiger partial charge in [0.05, 0.1) is 6.61 Å². The van der Waals surface area contributed by atoms with Crippen LogP contribution in [0.25, 0.3) is 11.3 Å². The van der Waals surface area contributed by atoms with E-state index in [0.29, 0.717) is 25.3 Å². The zero-order chi connectivity index (χ0) is 24.2. The first-order valence-electron chi connectivity index (χ1n) is 11.4. The highest BCUT2D eigenvalue weighted by Crippen LogP contribution is 2.17. The van der Waals surface area contributed by atoms with E-state index < -0.39 is 0 Å². The summed E-state index contributed by atoms with van der Waals surface area (Å²) in [7, 11) is 0. The van der Waals surface area contributed by atoms with Gasteiger partial charge in [0.1, 0.15) is 11.6 Å². The molecule has 4 aromatic rings. The summed E-state index contributed by atoms with van der Waals surface area (Å²) in [5.74, 6) is 1.37. The van der Waals surface area contributed by atoms with E-state index in [9.17, 15) is 9.59 Å². The lowest BCUT2D eigenvalue weighted by Gasteiger charge is -2.12. The zero-order valence-electron chi connectivity index (χ0n) is 19.9. The number of amides is 1. The van der Waals surface area contributed by atoms with Gasteiger partial charge in [-0.3, -0.25) is 18.6 Å². The van der Waals surface area contributed by atoms with Crippen LogP contribution in [0, 0.1) is 19.8 Å². The van der Waals surface area contributed by atoms with Crippen molar-refractivity contribution in [1.29, 1.82) is 0 Å². The van der Waals surface area contributed by atoms with Gasteiger partial charge < -0.3 is 10.1 Å². The van der Waals surface area contributed by atoms with Gasteiger partial charge in [0.2, 0.25) is 11.6 Å². The Balaban J connectivity index is 1.46. The monoisotopic (exact) mass is 459 g/mol. The topological polar surface area (TPSA) is 90.5 Å². The van der Waals surface area contributed by atoms with E-state index in [1.54, 1.807) is 16.8 Å². The first-order chi connectivity index (χ1) is 16.3. The van der Waals surface area contributed by atoms with E-state index in [2.05, 4.69) is 21.6 Å². The highest BCUT2D eigenvalue weighted by atomic mass is 16.5. The van der Waals surface area contributed by atoms with Crippen molar-refractivity contribution in [3.8, 4) is 11.4 Å². The molecule has 8 heteroatoms. The Labute approximate surface area is 198 Å². The van der Waals surface area contributed by atoms with Crippen molar-refractivity contribution in [3.05, 3.63) is 82.2 Å². The van der Waals surface area contributed by atoms with Crippen LogP contribution in [-0.4, -0.2) is 31.7 Å². The average molecular weight is 460 g/mol. The highest BCUT2D eigenvalue weighted by molar-refractivity contribution is 5.91. The van der Waals surface area contributed by atoms with Crippen LogP contribution in [0.15, 0.2) is 59.7 Å². The molecule has 0 radical (unpaired) electrons. The quantitative estimate of drug-likeness (QED) is 0.428. The summed E-state index contributed by atoms with van der Waals surface area (Å²) in [4.78, 5) is 25.6. The molecule has 4 rings (SSSR count). The van der Waals surface area contributed by atoms with Crippen molar-refractivity contribution in [2.24, 2.45) is 5.92 Å². The van der Waals surface area contributed by atoms with Gasteiger partial charge in [-0.15, -0.1) is 10.2 Å². The van der Waals surface area contributed by atoms with E-state index in [4.69, 9.17) is 4.74 Å². The molecule has 0 bridgehead atoms. The van der Waals surface area contributed by atoms with Crippen LogP contribution in [0.2, 0.25) is 0 Å². The Morgan fingerprint density at radius 2 is 1.76 bits per heavy atom. The summed E-state index contributed by atoms with van der Waals surface area (Å²) in [6.45, 7) is 8.51. The van der Waals surface area contributed by atoms with Crippen LogP contribution in [0.4, 0.5) is 5.69 Å². The number of fused-ring (bicyclic) bond motifs is 1. The van der Waals surface area contributed by atoms with Crippen LogP contribution in [0.3, 0.4) is 0 Å². The third kappa shape index (κ3) is 5.17. The Kier molecular flexibility index (Phi) is 6.77. The highest BCUT2D eigenvalue weighted by Gasteiger charge is 2.16. The lowest BCUT2D eigenvalue weighted by atomic mass is 10.0. The lowest BCUT2D eigenvalue weighted by Crippen LogP contribution is -2.21. The van der Waals surface area contributed by atoms with Gasteiger partial charge >= 0.3 is 5.56 Å². The molecular weight excluding hydrogens is 430 g/mol. The Morgan fingerprint density at radius 3 is 2.44 bits per heavy atom. The molecule has 34 heavy (non-hydrogen) atoms. The van der Waals surface area contributed by atoms with Crippen LogP contribution < -0.4 is 15.6 Å². The molecule has 0 aliphatic rings. The first-order valence-corrected chi connectivity index (χ1v) is 11.4. The fourth-order valence-electron chi connectivity index (χ4n) is 4.11. The number of nitrogens with zero attached hydrogens (tertiary/aromatic N) is 4. The maximum atomic E-state index is 13.0. The second-order valence-electron chi connectivity index (χ2n) is 8.65. The molecule has 0 saturated heterocycles. The Bertz CT molecular complexity index is 1350. The molecule has 176 valence electrons. The number of hydrogen-bond acceptors (Lipinski definition) is 5. The first kappa shape index (κ1) is 23.2. The summed E-state index contributed by atoms with van der Waals surface area (Å²) in [6.07, 6.45) is 4.35. The van der Waals surface area contributed by atoms with Crippen molar-refractivity contribution >= 4 is 17.2 Å². The van der Waals surface area contributed by atoms with Gasteiger partial charge in [-0.05, 0) is 74.2 Å². The van der Waals surface area contributed by atoms with E-state index >= 15 is 0 Å². The van der Waals surface area contributed by atoms with Gasteiger partial charge in [-0.25, -0.2) is 0 Å². The number of rotatable bonds is 8. The molecule has 0 aliphatic carbocycles. The van der Waals surface area contributed by atoms with Crippen LogP contribution in [0.5, 0.6) is 5.75 Å². The fourth-order valence-corrected chi connectivity index (χ4v) is 4.11. The number of aryl methyl sites for hydroxylation is 2. The fraction of sp³-hybridized carbons (Fsp3) is 0.308. The van der Waals surface area contributed by atoms with Crippen molar-refractivity contribution in [2.45, 2.75) is 40.5 Å². The molecule has 2 heterocycles. The molecule has 2 aromatic heterocycles. The number of aromatic nitrogens is 4. The standard InChI is InChI=1S/C26H29N5O3/c1-5-34-22-8-6-21(7-9-22)30-10-11-31-23(28-29-25(31)26(30)33)15-19(4)16-24(32)27-20-13-17(2)12-18(3)14-20/h6-14,19H,5,15-16H2,1-4H3,(H,27,32)/t19-/m0/s1. The third-order valence-electron chi connectivity index (χ3n) is 5.54. The van der Waals surface area contributed by atoms with E-state index in [0.717, 1.165) is 28.3 Å². The van der Waals surface area contributed by atoms with Gasteiger partial charge in [-0.2, -0.15) is 0 Å². The summed E-state index contributed by atoms with van der Waals surface area (Å²) < 4.78 is 8.70. The largest absolute Gasteiger partial charge is 0.494 e. The van der Waals surface area contributed by atoms with E-state index in [1.165, 1.54) is 4.57 Å². The molecule has 0 aliphatic heterocycles. The molecule has 1 atom stereocenters. The number of carbonyl (C=O) groups is 1. The molecular formula is C26H29N5O3. The molecule has 0 saturated carbocycles. The minimum absolute atomic E-state index is 0.0202. The number of ether oxygens (including phenoxy) is 1. The number of anilines is 1. The van der Waals surface area contributed by atoms with Crippen LogP contribution >= 0.6 is 0 Å². The maximum Gasteiger partial charge on any atom is 0.300 e. The molecule has 8 nitrogen and oxygen atoms in total. The average Bonchev–Trinajstić information content (AvgIpc) is 3.17. The number of benzene rings is 2. The van der Waals surface area contributed by atoms with E-state index in [-0.39, 0.29) is 23.0 Å². The van der Waals surface area contributed by atoms with Gasteiger partial charge in [0, 0.05) is 36.6 Å². The Hall–Kier alpha value is -3.94. The predicted molar refractivity (Wildman–Crippen MR) is 132 cm³/mol. The second-order valence-corrected chi connectivity index (χ2v) is 8.65. The smallest absolute Gasteiger partial charge is 0.300 e. The molecule has 0 fully saturated rings. The summed E-state index contributed by atoms with van der Waals surface area (Å²) >= 11 is 0. The van der Waals surface area contributed by atoms with Gasteiger partial charge in [0.15, 0.2) is 0 Å².